The number of fused-ring (bicyclic) bond motifs is 1. The standard InChI is InChI=1S/C21H30FN5O3/c1-13-21(4,30-14(2)28)20(3,22)19(29-13)27-12-25-16-17(23-11-24-18(16)27)26-15-9-7-5-6-8-10-15/h11-13,15,19H,5-10H2,1-4H3,(H,23,24,26)/t13-,19?,20+,21?/m1/s1. The quantitative estimate of drug-likeness (QED) is 0.593. The number of hydrogen-bond donors (Lipinski definition) is 1. The van der Waals surface area contributed by atoms with Gasteiger partial charge in [-0.1, -0.05) is 25.7 Å². The third-order valence-electron chi connectivity index (χ3n) is 6.71. The number of rotatable bonds is 4. The van der Waals surface area contributed by atoms with Crippen LogP contribution in [0.5, 0.6) is 0 Å². The zero-order chi connectivity index (χ0) is 21.5. The predicted molar refractivity (Wildman–Crippen MR) is 110 cm³/mol. The van der Waals surface area contributed by atoms with E-state index in [2.05, 4.69) is 20.3 Å². The molecule has 1 saturated carbocycles. The number of nitrogens with one attached hydrogen (secondary N) is 1. The van der Waals surface area contributed by atoms with Crippen molar-refractivity contribution in [1.29, 1.82) is 0 Å². The van der Waals surface area contributed by atoms with Crippen LogP contribution in [0.3, 0.4) is 0 Å². The first-order chi connectivity index (χ1) is 14.2. The van der Waals surface area contributed by atoms with Gasteiger partial charge in [0.1, 0.15) is 12.4 Å². The van der Waals surface area contributed by atoms with E-state index in [9.17, 15) is 4.79 Å². The number of nitrogens with zero attached hydrogens (tertiary/aromatic N) is 4. The Balaban J connectivity index is 1.66. The number of anilines is 1. The maximum Gasteiger partial charge on any atom is 0.303 e. The lowest BCUT2D eigenvalue weighted by molar-refractivity contribution is -0.172. The number of hydrogen-bond acceptors (Lipinski definition) is 7. The average molecular weight is 420 g/mol. The zero-order valence-electron chi connectivity index (χ0n) is 18.0. The second-order valence-electron chi connectivity index (χ2n) is 8.79. The summed E-state index contributed by atoms with van der Waals surface area (Å²) in [4.78, 5) is 24.8. The minimum absolute atomic E-state index is 0.345. The third kappa shape index (κ3) is 3.42. The lowest BCUT2D eigenvalue weighted by Gasteiger charge is -2.36. The monoisotopic (exact) mass is 419 g/mol. The van der Waals surface area contributed by atoms with E-state index in [0.717, 1.165) is 12.8 Å². The van der Waals surface area contributed by atoms with Gasteiger partial charge in [0.15, 0.2) is 34.5 Å². The average Bonchev–Trinajstić information content (AvgIpc) is 3.03. The molecule has 1 saturated heterocycles. The Morgan fingerprint density at radius 3 is 2.60 bits per heavy atom. The summed E-state index contributed by atoms with van der Waals surface area (Å²) in [6, 6.07) is 0.345. The number of aromatic nitrogens is 4. The molecule has 2 aromatic rings. The highest BCUT2D eigenvalue weighted by molar-refractivity contribution is 5.82. The van der Waals surface area contributed by atoms with Gasteiger partial charge in [0.2, 0.25) is 0 Å². The molecule has 0 aromatic carbocycles. The van der Waals surface area contributed by atoms with Crippen LogP contribution in [-0.4, -0.2) is 48.9 Å². The highest BCUT2D eigenvalue weighted by Crippen LogP contribution is 2.50. The number of imidazole rings is 1. The molecule has 1 aliphatic carbocycles. The molecule has 2 fully saturated rings. The van der Waals surface area contributed by atoms with Crippen LogP contribution in [-0.2, 0) is 14.3 Å². The Kier molecular flexibility index (Phi) is 5.42. The Morgan fingerprint density at radius 1 is 1.23 bits per heavy atom. The van der Waals surface area contributed by atoms with Crippen molar-refractivity contribution in [2.24, 2.45) is 0 Å². The molecule has 8 nitrogen and oxygen atoms in total. The number of halogens is 1. The van der Waals surface area contributed by atoms with Crippen LogP contribution < -0.4 is 5.32 Å². The number of alkyl halides is 1. The van der Waals surface area contributed by atoms with Crippen molar-refractivity contribution in [3.8, 4) is 0 Å². The summed E-state index contributed by atoms with van der Waals surface area (Å²) < 4.78 is 28.9. The number of esters is 1. The van der Waals surface area contributed by atoms with Crippen LogP contribution in [0.15, 0.2) is 12.7 Å². The first kappa shape index (κ1) is 21.0. The van der Waals surface area contributed by atoms with Crippen molar-refractivity contribution < 1.29 is 18.7 Å². The second kappa shape index (κ2) is 7.76. The number of carbonyl (C=O) groups is 1. The van der Waals surface area contributed by atoms with Gasteiger partial charge in [-0.05, 0) is 33.6 Å². The summed E-state index contributed by atoms with van der Waals surface area (Å²) >= 11 is 0. The van der Waals surface area contributed by atoms with Gasteiger partial charge in [0.25, 0.3) is 0 Å². The van der Waals surface area contributed by atoms with Crippen molar-refractivity contribution in [2.45, 2.75) is 95.9 Å². The van der Waals surface area contributed by atoms with Crippen LogP contribution >= 0.6 is 0 Å². The first-order valence-corrected chi connectivity index (χ1v) is 10.7. The number of ether oxygens (including phenoxy) is 2. The van der Waals surface area contributed by atoms with Crippen LogP contribution in [0.25, 0.3) is 11.2 Å². The molecule has 0 radical (unpaired) electrons. The zero-order valence-corrected chi connectivity index (χ0v) is 18.0. The maximum absolute atomic E-state index is 16.0. The van der Waals surface area contributed by atoms with Gasteiger partial charge in [-0.2, -0.15) is 0 Å². The summed E-state index contributed by atoms with van der Waals surface area (Å²) in [5, 5.41) is 3.51. The summed E-state index contributed by atoms with van der Waals surface area (Å²) in [6.45, 7) is 5.93. The molecule has 2 aliphatic rings. The molecule has 4 atom stereocenters. The minimum atomic E-state index is -1.99. The highest BCUT2D eigenvalue weighted by atomic mass is 19.1. The van der Waals surface area contributed by atoms with Crippen LogP contribution in [0.1, 0.15) is 72.4 Å². The molecule has 9 heteroatoms. The Labute approximate surface area is 175 Å². The highest BCUT2D eigenvalue weighted by Gasteiger charge is 2.65. The van der Waals surface area contributed by atoms with Crippen molar-refractivity contribution in [1.82, 2.24) is 19.5 Å². The van der Waals surface area contributed by atoms with E-state index in [0.29, 0.717) is 23.0 Å². The molecule has 0 amide bonds. The second-order valence-corrected chi connectivity index (χ2v) is 8.79. The van der Waals surface area contributed by atoms with E-state index in [1.54, 1.807) is 18.4 Å². The molecular formula is C21H30FN5O3. The van der Waals surface area contributed by atoms with Crippen LogP contribution in [0.2, 0.25) is 0 Å². The van der Waals surface area contributed by atoms with Gasteiger partial charge in [0.05, 0.1) is 6.33 Å². The van der Waals surface area contributed by atoms with E-state index in [4.69, 9.17) is 9.47 Å². The van der Waals surface area contributed by atoms with Gasteiger partial charge in [-0.3, -0.25) is 9.36 Å². The van der Waals surface area contributed by atoms with Crippen molar-refractivity contribution in [3.63, 3.8) is 0 Å². The molecule has 30 heavy (non-hydrogen) atoms. The summed E-state index contributed by atoms with van der Waals surface area (Å²) in [5.41, 5.74) is -2.37. The maximum atomic E-state index is 16.0. The molecule has 3 heterocycles. The molecule has 2 aromatic heterocycles. The topological polar surface area (TPSA) is 91.2 Å². The fourth-order valence-electron chi connectivity index (χ4n) is 4.65. The van der Waals surface area contributed by atoms with Gasteiger partial charge in [-0.15, -0.1) is 0 Å². The van der Waals surface area contributed by atoms with Crippen molar-refractivity contribution >= 4 is 23.0 Å². The Morgan fingerprint density at radius 2 is 1.93 bits per heavy atom. The largest absolute Gasteiger partial charge is 0.453 e. The molecule has 0 spiro atoms. The van der Waals surface area contributed by atoms with Gasteiger partial charge in [0, 0.05) is 13.0 Å². The Hall–Kier alpha value is -2.29. The molecule has 2 unspecified atom stereocenters. The normalized spacial score (nSPS) is 32.8. The third-order valence-corrected chi connectivity index (χ3v) is 6.71. The minimum Gasteiger partial charge on any atom is -0.453 e. The van der Waals surface area contributed by atoms with E-state index in [-0.39, 0.29) is 0 Å². The smallest absolute Gasteiger partial charge is 0.303 e. The van der Waals surface area contributed by atoms with Crippen LogP contribution in [0.4, 0.5) is 10.2 Å². The fraction of sp³-hybridized carbons (Fsp3) is 0.714. The molecule has 0 bridgehead atoms. The first-order valence-electron chi connectivity index (χ1n) is 10.7. The van der Waals surface area contributed by atoms with Gasteiger partial charge >= 0.3 is 5.97 Å². The summed E-state index contributed by atoms with van der Waals surface area (Å²) in [5.74, 6) is 0.102. The van der Waals surface area contributed by atoms with E-state index in [1.165, 1.54) is 52.2 Å². The van der Waals surface area contributed by atoms with Gasteiger partial charge < -0.3 is 14.8 Å². The van der Waals surface area contributed by atoms with Gasteiger partial charge in [-0.25, -0.2) is 19.3 Å². The fourth-order valence-corrected chi connectivity index (χ4v) is 4.65. The molecule has 164 valence electrons. The summed E-state index contributed by atoms with van der Waals surface area (Å²) in [6.07, 6.45) is 8.40. The molecule has 1 aliphatic heterocycles. The lowest BCUT2D eigenvalue weighted by atomic mass is 9.84. The molecule has 1 N–H and O–H groups in total. The molecule has 4 rings (SSSR count). The SMILES string of the molecule is CC(=O)OC1(C)[C@@H](C)OC(n2cnc3c(NC4CCCCCC4)ncnc32)[C@]1(C)F. The van der Waals surface area contributed by atoms with E-state index < -0.39 is 29.6 Å². The van der Waals surface area contributed by atoms with E-state index >= 15 is 4.39 Å². The predicted octanol–water partition coefficient (Wildman–Crippen LogP) is 3.93. The van der Waals surface area contributed by atoms with E-state index in [1.807, 2.05) is 0 Å². The van der Waals surface area contributed by atoms with Crippen molar-refractivity contribution in [3.05, 3.63) is 12.7 Å². The molecular weight excluding hydrogens is 389 g/mol. The van der Waals surface area contributed by atoms with Crippen LogP contribution in [0, 0.1) is 0 Å². The Bertz CT molecular complexity index is 925. The lowest BCUT2D eigenvalue weighted by Crippen LogP contribution is -2.53. The van der Waals surface area contributed by atoms with Crippen molar-refractivity contribution in [2.75, 3.05) is 5.32 Å². The number of carbonyl (C=O) groups excluding carboxylic acids is 1. The summed E-state index contributed by atoms with van der Waals surface area (Å²) in [7, 11) is 0.